The third-order valence-corrected chi connectivity index (χ3v) is 4.37. The molecule has 1 aliphatic heterocycles. The van der Waals surface area contributed by atoms with Crippen molar-refractivity contribution >= 4 is 11.0 Å². The van der Waals surface area contributed by atoms with Crippen molar-refractivity contribution in [2.75, 3.05) is 33.7 Å². The number of halogens is 1. The lowest BCUT2D eigenvalue weighted by molar-refractivity contribution is 0.186. The Kier molecular flexibility index (Phi) is 3.97. The third-order valence-electron chi connectivity index (χ3n) is 4.37. The van der Waals surface area contributed by atoms with Gasteiger partial charge in [0.25, 0.3) is 0 Å². The average Bonchev–Trinajstić information content (AvgIpc) is 2.82. The molecule has 5 heteroatoms. The van der Waals surface area contributed by atoms with Crippen LogP contribution in [-0.4, -0.2) is 49.6 Å². The Labute approximate surface area is 124 Å². The zero-order valence-corrected chi connectivity index (χ0v) is 12.6. The molecule has 0 radical (unpaired) electrons. The maximum Gasteiger partial charge on any atom is 0.169 e. The van der Waals surface area contributed by atoms with Crippen LogP contribution in [0.15, 0.2) is 28.7 Å². The Balaban J connectivity index is 1.91. The molecule has 2 unspecified atom stereocenters. The summed E-state index contributed by atoms with van der Waals surface area (Å²) in [4.78, 5) is 4.56. The first kappa shape index (κ1) is 14.5. The fourth-order valence-corrected chi connectivity index (χ4v) is 3.09. The van der Waals surface area contributed by atoms with E-state index in [0.717, 1.165) is 31.4 Å². The molecule has 0 amide bonds. The van der Waals surface area contributed by atoms with Crippen molar-refractivity contribution < 1.29 is 8.81 Å². The van der Waals surface area contributed by atoms with Crippen LogP contribution in [0.5, 0.6) is 0 Å². The first-order valence-corrected chi connectivity index (χ1v) is 7.38. The molecule has 2 N–H and O–H groups in total. The van der Waals surface area contributed by atoms with Crippen LogP contribution in [0.1, 0.15) is 18.2 Å². The number of rotatable bonds is 2. The van der Waals surface area contributed by atoms with Crippen LogP contribution in [0.25, 0.3) is 11.0 Å². The molecule has 2 heterocycles. The minimum absolute atomic E-state index is 0.168. The van der Waals surface area contributed by atoms with Gasteiger partial charge in [0, 0.05) is 18.0 Å². The Morgan fingerprint density at radius 1 is 1.33 bits per heavy atom. The molecule has 1 saturated heterocycles. The number of para-hydroxylation sites is 1. The quantitative estimate of drug-likeness (QED) is 0.921. The second-order valence-electron chi connectivity index (χ2n) is 6.00. The molecule has 2 aromatic rings. The van der Waals surface area contributed by atoms with Crippen molar-refractivity contribution in [2.45, 2.75) is 18.5 Å². The van der Waals surface area contributed by atoms with Crippen LogP contribution >= 0.6 is 0 Å². The Hall–Kier alpha value is -1.43. The summed E-state index contributed by atoms with van der Waals surface area (Å²) in [7, 11) is 4.20. The van der Waals surface area contributed by atoms with Crippen molar-refractivity contribution in [2.24, 2.45) is 5.73 Å². The summed E-state index contributed by atoms with van der Waals surface area (Å²) >= 11 is 0. The van der Waals surface area contributed by atoms with Crippen molar-refractivity contribution in [3.8, 4) is 0 Å². The van der Waals surface area contributed by atoms with E-state index in [4.69, 9.17) is 10.2 Å². The van der Waals surface area contributed by atoms with E-state index in [1.807, 2.05) is 12.1 Å². The number of nitrogens with zero attached hydrogens (tertiary/aromatic N) is 2. The normalized spacial score (nSPS) is 23.3. The van der Waals surface area contributed by atoms with E-state index in [1.54, 1.807) is 6.07 Å². The first-order chi connectivity index (χ1) is 10.1. The van der Waals surface area contributed by atoms with E-state index in [-0.39, 0.29) is 17.9 Å². The van der Waals surface area contributed by atoms with Crippen LogP contribution in [0, 0.1) is 5.82 Å². The number of fused-ring (bicyclic) bond motifs is 1. The predicted octanol–water partition coefficient (Wildman–Crippen LogP) is 2.21. The third kappa shape index (κ3) is 2.81. The topological polar surface area (TPSA) is 45.6 Å². The summed E-state index contributed by atoms with van der Waals surface area (Å²) in [6, 6.07) is 6.72. The Morgan fingerprint density at radius 3 is 2.90 bits per heavy atom. The van der Waals surface area contributed by atoms with Crippen molar-refractivity contribution in [3.63, 3.8) is 0 Å². The average molecular weight is 291 g/mol. The van der Waals surface area contributed by atoms with Crippen LogP contribution in [-0.2, 0) is 0 Å². The van der Waals surface area contributed by atoms with Crippen LogP contribution in [0.2, 0.25) is 0 Å². The van der Waals surface area contributed by atoms with Gasteiger partial charge in [0.2, 0.25) is 0 Å². The van der Waals surface area contributed by atoms with E-state index >= 15 is 0 Å². The van der Waals surface area contributed by atoms with Gasteiger partial charge in [-0.2, -0.15) is 0 Å². The molecule has 1 aliphatic rings. The monoisotopic (exact) mass is 291 g/mol. The van der Waals surface area contributed by atoms with Gasteiger partial charge in [-0.05, 0) is 45.7 Å². The summed E-state index contributed by atoms with van der Waals surface area (Å²) in [6.07, 6.45) is 1.13. The molecule has 4 nitrogen and oxygen atoms in total. The molecule has 0 spiro atoms. The minimum atomic E-state index is -0.336. The van der Waals surface area contributed by atoms with Crippen LogP contribution < -0.4 is 5.73 Å². The molecular formula is C16H22FN3O. The Morgan fingerprint density at radius 2 is 2.14 bits per heavy atom. The predicted molar refractivity (Wildman–Crippen MR) is 81.6 cm³/mol. The Bertz CT molecular complexity index is 627. The van der Waals surface area contributed by atoms with E-state index in [9.17, 15) is 4.39 Å². The summed E-state index contributed by atoms with van der Waals surface area (Å²) < 4.78 is 19.4. The number of benzene rings is 1. The van der Waals surface area contributed by atoms with E-state index in [0.29, 0.717) is 11.3 Å². The second-order valence-corrected chi connectivity index (χ2v) is 6.00. The number of furan rings is 1. The molecule has 114 valence electrons. The zero-order valence-electron chi connectivity index (χ0n) is 12.6. The lowest BCUT2D eigenvalue weighted by Gasteiger charge is -2.31. The molecule has 1 fully saturated rings. The SMILES string of the molecule is CN1CCCN(C)C(C(N)c2cc3cccc(F)c3o2)C1. The second kappa shape index (κ2) is 5.75. The molecule has 0 aliphatic carbocycles. The number of likely N-dealkylation sites (N-methyl/N-ethyl adjacent to an activating group) is 2. The van der Waals surface area contributed by atoms with Gasteiger partial charge in [0.05, 0.1) is 6.04 Å². The van der Waals surface area contributed by atoms with Crippen LogP contribution in [0.3, 0.4) is 0 Å². The van der Waals surface area contributed by atoms with Gasteiger partial charge in [-0.1, -0.05) is 12.1 Å². The molecule has 1 aromatic carbocycles. The van der Waals surface area contributed by atoms with Gasteiger partial charge in [0.15, 0.2) is 11.4 Å². The highest BCUT2D eigenvalue weighted by Crippen LogP contribution is 2.28. The van der Waals surface area contributed by atoms with E-state index in [2.05, 4.69) is 23.9 Å². The fourth-order valence-electron chi connectivity index (χ4n) is 3.09. The molecule has 0 saturated carbocycles. The van der Waals surface area contributed by atoms with Gasteiger partial charge in [-0.25, -0.2) is 4.39 Å². The van der Waals surface area contributed by atoms with Crippen molar-refractivity contribution in [1.82, 2.24) is 9.80 Å². The van der Waals surface area contributed by atoms with E-state index < -0.39 is 0 Å². The highest BCUT2D eigenvalue weighted by Gasteiger charge is 2.29. The van der Waals surface area contributed by atoms with Crippen molar-refractivity contribution in [3.05, 3.63) is 35.8 Å². The van der Waals surface area contributed by atoms with Gasteiger partial charge >= 0.3 is 0 Å². The lowest BCUT2D eigenvalue weighted by Crippen LogP contribution is -2.45. The minimum Gasteiger partial charge on any atom is -0.456 e. The number of nitrogens with two attached hydrogens (primary N) is 1. The standard InChI is InChI=1S/C16H22FN3O/c1-19-7-4-8-20(2)13(10-19)15(18)14-9-11-5-3-6-12(17)16(11)21-14/h3,5-6,9,13,15H,4,7-8,10,18H2,1-2H3. The largest absolute Gasteiger partial charge is 0.456 e. The lowest BCUT2D eigenvalue weighted by atomic mass is 10.0. The van der Waals surface area contributed by atoms with Crippen molar-refractivity contribution in [1.29, 1.82) is 0 Å². The molecule has 2 atom stereocenters. The highest BCUT2D eigenvalue weighted by molar-refractivity contribution is 5.78. The van der Waals surface area contributed by atoms with Gasteiger partial charge in [-0.15, -0.1) is 0 Å². The number of hydrogen-bond donors (Lipinski definition) is 1. The summed E-state index contributed by atoms with van der Waals surface area (Å²) in [5, 5.41) is 0.769. The molecule has 21 heavy (non-hydrogen) atoms. The van der Waals surface area contributed by atoms with Gasteiger partial charge < -0.3 is 20.0 Å². The maximum atomic E-state index is 13.8. The summed E-state index contributed by atoms with van der Waals surface area (Å²) in [5.74, 6) is 0.319. The maximum absolute atomic E-state index is 13.8. The highest BCUT2D eigenvalue weighted by atomic mass is 19.1. The number of hydrogen-bond acceptors (Lipinski definition) is 4. The van der Waals surface area contributed by atoms with Gasteiger partial charge in [-0.3, -0.25) is 0 Å². The van der Waals surface area contributed by atoms with Crippen LogP contribution in [0.4, 0.5) is 4.39 Å². The summed E-state index contributed by atoms with van der Waals surface area (Å²) in [6.45, 7) is 2.97. The molecule has 0 bridgehead atoms. The molecule has 3 rings (SSSR count). The first-order valence-electron chi connectivity index (χ1n) is 7.38. The van der Waals surface area contributed by atoms with Gasteiger partial charge in [0.1, 0.15) is 5.76 Å². The summed E-state index contributed by atoms with van der Waals surface area (Å²) in [5.41, 5.74) is 6.72. The van der Waals surface area contributed by atoms with E-state index in [1.165, 1.54) is 6.07 Å². The smallest absolute Gasteiger partial charge is 0.169 e. The zero-order chi connectivity index (χ0) is 15.0. The molecular weight excluding hydrogens is 269 g/mol. The fraction of sp³-hybridized carbons (Fsp3) is 0.500. The molecule has 1 aromatic heterocycles.